The number of hydrogen-bond acceptors (Lipinski definition) is 7. The Hall–Kier alpha value is -2.98. The van der Waals surface area contributed by atoms with Crippen LogP contribution in [0.3, 0.4) is 0 Å². The number of amides is 4. The third kappa shape index (κ3) is 3.56. The van der Waals surface area contributed by atoms with Crippen molar-refractivity contribution >= 4 is 46.2 Å². The van der Waals surface area contributed by atoms with Gasteiger partial charge >= 0.3 is 0 Å². The lowest BCUT2D eigenvalue weighted by Crippen LogP contribution is -2.50. The van der Waals surface area contributed by atoms with Crippen molar-refractivity contribution < 1.29 is 23.9 Å². The molecule has 9 nitrogen and oxygen atoms in total. The number of carbonyl (C=O) groups is 4. The first-order chi connectivity index (χ1) is 16.4. The summed E-state index contributed by atoms with van der Waals surface area (Å²) < 4.78 is 6.21. The number of aliphatic imine (C=N–C) groups is 1. The zero-order chi connectivity index (χ0) is 24.0. The highest BCUT2D eigenvalue weighted by atomic mass is 32.2. The van der Waals surface area contributed by atoms with Crippen LogP contribution in [-0.2, 0) is 23.9 Å². The third-order valence-electron chi connectivity index (χ3n) is 6.71. The van der Waals surface area contributed by atoms with Gasteiger partial charge < -0.3 is 10.1 Å². The lowest BCUT2D eigenvalue weighted by Gasteiger charge is -2.32. The Balaban J connectivity index is 1.47. The van der Waals surface area contributed by atoms with E-state index in [0.29, 0.717) is 23.9 Å². The minimum Gasteiger partial charge on any atom is -0.360 e. The molecule has 0 radical (unpaired) electrons. The SMILES string of the molecule is CCNC(=O)CC1SC(=Nc2ccccc2)N(CC23C=CC(O2)C2C(=O)N(CC)C(=O)C23)C1=O. The van der Waals surface area contributed by atoms with Crippen LogP contribution in [0.4, 0.5) is 5.69 Å². The molecule has 1 aromatic rings. The van der Waals surface area contributed by atoms with Crippen molar-refractivity contribution in [2.45, 2.75) is 37.2 Å². The first-order valence-corrected chi connectivity index (χ1v) is 12.4. The van der Waals surface area contributed by atoms with Crippen LogP contribution >= 0.6 is 11.8 Å². The third-order valence-corrected chi connectivity index (χ3v) is 7.89. The Bertz CT molecular complexity index is 1110. The molecule has 0 spiro atoms. The van der Waals surface area contributed by atoms with Crippen LogP contribution in [0.15, 0.2) is 47.5 Å². The quantitative estimate of drug-likeness (QED) is 0.466. The van der Waals surface area contributed by atoms with Gasteiger partial charge in [0.05, 0.1) is 30.2 Å². The first-order valence-electron chi connectivity index (χ1n) is 11.5. The minimum absolute atomic E-state index is 0.0288. The van der Waals surface area contributed by atoms with Gasteiger partial charge in [0.2, 0.25) is 23.6 Å². The highest BCUT2D eigenvalue weighted by Crippen LogP contribution is 2.52. The zero-order valence-corrected chi connectivity index (χ0v) is 19.8. The number of carbonyl (C=O) groups excluding carboxylic acids is 4. The molecule has 5 unspecified atom stereocenters. The standard InChI is InChI=1S/C24H26N4O5S/c1-3-25-17(29)12-16-20(30)28(23(34-16)26-14-8-6-5-7-9-14)13-24-11-10-15(33-24)18-19(24)22(32)27(4-2)21(18)31/h5-11,15-16,18-19H,3-4,12-13H2,1-2H3,(H,25,29). The van der Waals surface area contributed by atoms with Crippen LogP contribution in [0.1, 0.15) is 20.3 Å². The van der Waals surface area contributed by atoms with E-state index in [4.69, 9.17) is 4.74 Å². The van der Waals surface area contributed by atoms with Gasteiger partial charge in [-0.2, -0.15) is 0 Å². The highest BCUT2D eigenvalue weighted by Gasteiger charge is 2.68. The van der Waals surface area contributed by atoms with E-state index in [1.165, 1.54) is 21.6 Å². The van der Waals surface area contributed by atoms with Gasteiger partial charge in [0, 0.05) is 19.5 Å². The molecule has 0 aliphatic carbocycles. The fraction of sp³-hybridized carbons (Fsp3) is 0.458. The van der Waals surface area contributed by atoms with Crippen molar-refractivity contribution in [1.82, 2.24) is 15.1 Å². The molecule has 178 valence electrons. The van der Waals surface area contributed by atoms with E-state index in [0.717, 1.165) is 0 Å². The van der Waals surface area contributed by atoms with Gasteiger partial charge in [0.25, 0.3) is 0 Å². The van der Waals surface area contributed by atoms with Crippen molar-refractivity contribution in [3.63, 3.8) is 0 Å². The molecule has 4 aliphatic rings. The second kappa shape index (κ2) is 8.66. The number of nitrogens with zero attached hydrogens (tertiary/aromatic N) is 3. The van der Waals surface area contributed by atoms with Crippen LogP contribution in [0.5, 0.6) is 0 Å². The summed E-state index contributed by atoms with van der Waals surface area (Å²) >= 11 is 1.24. The maximum atomic E-state index is 13.5. The molecule has 2 bridgehead atoms. The fourth-order valence-electron chi connectivity index (χ4n) is 5.22. The molecule has 5 rings (SSSR count). The molecule has 4 amide bonds. The van der Waals surface area contributed by atoms with Crippen molar-refractivity contribution in [2.75, 3.05) is 19.6 Å². The molecule has 34 heavy (non-hydrogen) atoms. The van der Waals surface area contributed by atoms with E-state index in [1.54, 1.807) is 6.92 Å². The average molecular weight is 483 g/mol. The lowest BCUT2D eigenvalue weighted by atomic mass is 9.76. The zero-order valence-electron chi connectivity index (χ0n) is 19.0. The summed E-state index contributed by atoms with van der Waals surface area (Å²) in [6, 6.07) is 9.25. The number of benzene rings is 1. The van der Waals surface area contributed by atoms with Gasteiger partial charge in [0.1, 0.15) is 10.9 Å². The molecule has 5 atom stereocenters. The molecule has 10 heteroatoms. The number of rotatable bonds is 7. The van der Waals surface area contributed by atoms with E-state index in [1.807, 2.05) is 49.4 Å². The topological polar surface area (TPSA) is 108 Å². The molecule has 3 saturated heterocycles. The monoisotopic (exact) mass is 482 g/mol. The van der Waals surface area contributed by atoms with Gasteiger partial charge in [-0.25, -0.2) is 4.99 Å². The molecule has 4 aliphatic heterocycles. The Morgan fingerprint density at radius 3 is 2.59 bits per heavy atom. The number of nitrogens with one attached hydrogen (secondary N) is 1. The number of likely N-dealkylation sites (tertiary alicyclic amines) is 1. The summed E-state index contributed by atoms with van der Waals surface area (Å²) in [4.78, 5) is 59.1. The number of imide groups is 1. The normalized spacial score (nSPS) is 32.9. The van der Waals surface area contributed by atoms with Crippen molar-refractivity contribution in [3.8, 4) is 0 Å². The van der Waals surface area contributed by atoms with Crippen LogP contribution in [0, 0.1) is 11.8 Å². The number of hydrogen-bond donors (Lipinski definition) is 1. The van der Waals surface area contributed by atoms with Gasteiger partial charge in [-0.15, -0.1) is 0 Å². The average Bonchev–Trinajstić information content (AvgIpc) is 3.52. The Morgan fingerprint density at radius 2 is 1.88 bits per heavy atom. The Labute approximate surface area is 201 Å². The van der Waals surface area contributed by atoms with Crippen LogP contribution in [0.2, 0.25) is 0 Å². The van der Waals surface area contributed by atoms with Crippen LogP contribution in [0.25, 0.3) is 0 Å². The summed E-state index contributed by atoms with van der Waals surface area (Å²) in [5.41, 5.74) is -0.423. The molecule has 0 saturated carbocycles. The largest absolute Gasteiger partial charge is 0.360 e. The summed E-state index contributed by atoms with van der Waals surface area (Å²) in [6.07, 6.45) is 3.18. The van der Waals surface area contributed by atoms with Gasteiger partial charge in [-0.1, -0.05) is 42.1 Å². The summed E-state index contributed by atoms with van der Waals surface area (Å²) in [7, 11) is 0. The van der Waals surface area contributed by atoms with E-state index in [9.17, 15) is 19.2 Å². The number of para-hydroxylation sites is 1. The second-order valence-electron chi connectivity index (χ2n) is 8.74. The fourth-order valence-corrected chi connectivity index (χ4v) is 6.38. The number of thioether (sulfide) groups is 1. The number of ether oxygens (including phenoxy) is 1. The molecule has 1 aromatic carbocycles. The van der Waals surface area contributed by atoms with Crippen LogP contribution in [-0.4, -0.2) is 75.2 Å². The molecule has 4 heterocycles. The molecular weight excluding hydrogens is 456 g/mol. The van der Waals surface area contributed by atoms with Crippen molar-refractivity contribution in [1.29, 1.82) is 0 Å². The predicted octanol–water partition coefficient (Wildman–Crippen LogP) is 1.47. The predicted molar refractivity (Wildman–Crippen MR) is 126 cm³/mol. The lowest BCUT2D eigenvalue weighted by molar-refractivity contribution is -0.145. The smallest absolute Gasteiger partial charge is 0.242 e. The Kier molecular flexibility index (Phi) is 5.81. The molecule has 3 fully saturated rings. The first kappa shape index (κ1) is 22.8. The summed E-state index contributed by atoms with van der Waals surface area (Å²) in [6.45, 7) is 4.44. The molecular formula is C24H26N4O5S. The van der Waals surface area contributed by atoms with E-state index in [2.05, 4.69) is 10.3 Å². The molecule has 0 aromatic heterocycles. The second-order valence-corrected chi connectivity index (χ2v) is 9.91. The maximum Gasteiger partial charge on any atom is 0.242 e. The van der Waals surface area contributed by atoms with E-state index in [-0.39, 0.29) is 36.6 Å². The van der Waals surface area contributed by atoms with Gasteiger partial charge in [0.15, 0.2) is 5.17 Å². The van der Waals surface area contributed by atoms with Gasteiger partial charge in [-0.05, 0) is 26.0 Å². The summed E-state index contributed by atoms with van der Waals surface area (Å²) in [5.74, 6) is -2.18. The molecule has 1 N–H and O–H groups in total. The number of amidine groups is 1. The van der Waals surface area contributed by atoms with E-state index >= 15 is 0 Å². The van der Waals surface area contributed by atoms with Crippen molar-refractivity contribution in [2.24, 2.45) is 16.8 Å². The van der Waals surface area contributed by atoms with Crippen molar-refractivity contribution in [3.05, 3.63) is 42.5 Å². The Morgan fingerprint density at radius 1 is 1.12 bits per heavy atom. The van der Waals surface area contributed by atoms with E-state index < -0.39 is 28.8 Å². The van der Waals surface area contributed by atoms with Crippen LogP contribution < -0.4 is 5.32 Å². The maximum absolute atomic E-state index is 13.5. The number of fused-ring (bicyclic) bond motifs is 5. The highest BCUT2D eigenvalue weighted by molar-refractivity contribution is 8.15. The summed E-state index contributed by atoms with van der Waals surface area (Å²) in [5, 5.41) is 2.56. The minimum atomic E-state index is -1.10. The van der Waals surface area contributed by atoms with Gasteiger partial charge in [-0.3, -0.25) is 29.0 Å².